The van der Waals surface area contributed by atoms with Crippen LogP contribution in [0.3, 0.4) is 0 Å². The van der Waals surface area contributed by atoms with Gasteiger partial charge in [-0.1, -0.05) is 11.6 Å². The van der Waals surface area contributed by atoms with Gasteiger partial charge in [0.25, 0.3) is 6.43 Å². The summed E-state index contributed by atoms with van der Waals surface area (Å²) in [4.78, 5) is 5.56. The van der Waals surface area contributed by atoms with E-state index in [0.29, 0.717) is 0 Å². The van der Waals surface area contributed by atoms with Gasteiger partial charge in [-0.2, -0.15) is 0 Å². The summed E-state index contributed by atoms with van der Waals surface area (Å²) in [6.07, 6.45) is -1.32. The van der Waals surface area contributed by atoms with Crippen LogP contribution < -0.4 is 0 Å². The smallest absolute Gasteiger partial charge is 0.267 e. The second kappa shape index (κ2) is 5.12. The van der Waals surface area contributed by atoms with E-state index in [4.69, 9.17) is 11.6 Å². The van der Waals surface area contributed by atoms with E-state index in [0.717, 1.165) is 12.1 Å². The monoisotopic (exact) mass is 248 g/mol. The van der Waals surface area contributed by atoms with Crippen LogP contribution in [-0.4, -0.2) is 30.4 Å². The van der Waals surface area contributed by atoms with Crippen molar-refractivity contribution in [3.05, 3.63) is 22.7 Å². The Morgan fingerprint density at radius 2 is 2.06 bits per heavy atom. The van der Waals surface area contributed by atoms with Crippen LogP contribution in [-0.2, 0) is 0 Å². The van der Waals surface area contributed by atoms with Gasteiger partial charge in [-0.3, -0.25) is 0 Å². The SMILES string of the molecule is CN(C)C=Nc1cc(C(F)F)c(O)cc1Cl. The summed E-state index contributed by atoms with van der Waals surface area (Å²) in [5.74, 6) is -0.524. The Hall–Kier alpha value is -1.36. The minimum Gasteiger partial charge on any atom is -0.507 e. The lowest BCUT2D eigenvalue weighted by Crippen LogP contribution is -2.07. The third-order valence-electron chi connectivity index (χ3n) is 1.76. The van der Waals surface area contributed by atoms with Crippen molar-refractivity contribution in [3.8, 4) is 5.75 Å². The molecule has 0 aliphatic rings. The van der Waals surface area contributed by atoms with Crippen LogP contribution in [0.4, 0.5) is 14.5 Å². The number of phenols is 1. The van der Waals surface area contributed by atoms with Gasteiger partial charge in [0.05, 0.1) is 22.6 Å². The average Bonchev–Trinajstić information content (AvgIpc) is 2.15. The summed E-state index contributed by atoms with van der Waals surface area (Å²) in [6, 6.07) is 2.13. The minimum atomic E-state index is -2.76. The van der Waals surface area contributed by atoms with Crippen molar-refractivity contribution in [1.82, 2.24) is 4.90 Å². The van der Waals surface area contributed by atoms with Gasteiger partial charge in [-0.05, 0) is 6.07 Å². The van der Waals surface area contributed by atoms with Gasteiger partial charge >= 0.3 is 0 Å². The van der Waals surface area contributed by atoms with Crippen LogP contribution in [0.15, 0.2) is 17.1 Å². The highest BCUT2D eigenvalue weighted by Crippen LogP contribution is 2.36. The molecule has 3 nitrogen and oxygen atoms in total. The molecular weight excluding hydrogens is 238 g/mol. The fraction of sp³-hybridized carbons (Fsp3) is 0.300. The highest BCUT2D eigenvalue weighted by Gasteiger charge is 2.15. The first-order valence-electron chi connectivity index (χ1n) is 4.43. The van der Waals surface area contributed by atoms with Gasteiger partial charge in [-0.15, -0.1) is 0 Å². The number of phenolic OH excluding ortho intramolecular Hbond substituents is 1. The predicted molar refractivity (Wildman–Crippen MR) is 59.9 cm³/mol. The number of hydrogen-bond acceptors (Lipinski definition) is 2. The van der Waals surface area contributed by atoms with Crippen LogP contribution in [0.5, 0.6) is 5.75 Å². The Balaban J connectivity index is 3.15. The molecule has 6 heteroatoms. The van der Waals surface area contributed by atoms with Crippen molar-refractivity contribution in [2.45, 2.75) is 6.43 Å². The van der Waals surface area contributed by atoms with Crippen LogP contribution in [0.25, 0.3) is 0 Å². The molecule has 1 aromatic rings. The summed E-state index contributed by atoms with van der Waals surface area (Å²) in [7, 11) is 3.48. The molecule has 0 aromatic heterocycles. The molecule has 0 aliphatic carbocycles. The van der Waals surface area contributed by atoms with E-state index in [-0.39, 0.29) is 10.7 Å². The molecule has 0 saturated carbocycles. The third kappa shape index (κ3) is 3.06. The van der Waals surface area contributed by atoms with Crippen molar-refractivity contribution in [2.24, 2.45) is 4.99 Å². The topological polar surface area (TPSA) is 35.8 Å². The third-order valence-corrected chi connectivity index (χ3v) is 2.06. The van der Waals surface area contributed by atoms with E-state index in [1.54, 1.807) is 19.0 Å². The summed E-state index contributed by atoms with van der Waals surface area (Å²) < 4.78 is 24.9. The van der Waals surface area contributed by atoms with Gasteiger partial charge in [0.2, 0.25) is 0 Å². The molecule has 0 spiro atoms. The number of hydrogen-bond donors (Lipinski definition) is 1. The van der Waals surface area contributed by atoms with Crippen LogP contribution in [0, 0.1) is 0 Å². The van der Waals surface area contributed by atoms with Crippen molar-refractivity contribution in [2.75, 3.05) is 14.1 Å². The maximum atomic E-state index is 12.5. The highest BCUT2D eigenvalue weighted by molar-refractivity contribution is 6.33. The number of alkyl halides is 2. The Morgan fingerprint density at radius 1 is 1.44 bits per heavy atom. The molecule has 0 saturated heterocycles. The first-order chi connectivity index (χ1) is 7.41. The normalized spacial score (nSPS) is 11.4. The molecular formula is C10H11ClF2N2O. The maximum absolute atomic E-state index is 12.5. The first kappa shape index (κ1) is 12.7. The fourth-order valence-electron chi connectivity index (χ4n) is 1.02. The molecule has 16 heavy (non-hydrogen) atoms. The lowest BCUT2D eigenvalue weighted by atomic mass is 10.2. The van der Waals surface area contributed by atoms with Crippen molar-refractivity contribution in [3.63, 3.8) is 0 Å². The largest absolute Gasteiger partial charge is 0.507 e. The lowest BCUT2D eigenvalue weighted by molar-refractivity contribution is 0.147. The molecule has 0 bridgehead atoms. The zero-order valence-corrected chi connectivity index (χ0v) is 9.54. The minimum absolute atomic E-state index is 0.125. The number of benzene rings is 1. The van der Waals surface area contributed by atoms with Gasteiger partial charge in [0.15, 0.2) is 0 Å². The second-order valence-corrected chi connectivity index (χ2v) is 3.78. The Morgan fingerprint density at radius 3 is 2.56 bits per heavy atom. The van der Waals surface area contributed by atoms with Crippen molar-refractivity contribution < 1.29 is 13.9 Å². The zero-order valence-electron chi connectivity index (χ0n) is 8.78. The Labute approximate surface area is 97.0 Å². The fourth-order valence-corrected chi connectivity index (χ4v) is 1.23. The molecule has 0 fully saturated rings. The second-order valence-electron chi connectivity index (χ2n) is 3.37. The lowest BCUT2D eigenvalue weighted by Gasteiger charge is -2.07. The standard InChI is InChI=1S/C10H11ClF2N2O/c1-15(2)5-14-8-3-6(10(12)13)9(16)4-7(8)11/h3-5,10,16H,1-2H3. The molecule has 0 atom stereocenters. The van der Waals surface area contributed by atoms with Gasteiger partial charge < -0.3 is 10.0 Å². The molecule has 0 unspecified atom stereocenters. The molecule has 0 radical (unpaired) electrons. The van der Waals surface area contributed by atoms with E-state index in [1.165, 1.54) is 6.34 Å². The quantitative estimate of drug-likeness (QED) is 0.659. The highest BCUT2D eigenvalue weighted by atomic mass is 35.5. The van der Waals surface area contributed by atoms with E-state index in [2.05, 4.69) is 4.99 Å². The van der Waals surface area contributed by atoms with Crippen LogP contribution >= 0.6 is 11.6 Å². The molecule has 1 aromatic carbocycles. The van der Waals surface area contributed by atoms with Gasteiger partial charge in [0, 0.05) is 20.2 Å². The van der Waals surface area contributed by atoms with E-state index in [9.17, 15) is 13.9 Å². The summed E-state index contributed by atoms with van der Waals surface area (Å²) in [5, 5.41) is 9.36. The van der Waals surface area contributed by atoms with Crippen molar-refractivity contribution >= 4 is 23.6 Å². The molecule has 88 valence electrons. The molecule has 0 heterocycles. The molecule has 0 aliphatic heterocycles. The summed E-state index contributed by atoms with van der Waals surface area (Å²) in [5.41, 5.74) is -0.279. The number of rotatable bonds is 3. The Bertz CT molecular complexity index is 408. The molecule has 1 N–H and O–H groups in total. The van der Waals surface area contributed by atoms with Gasteiger partial charge in [0.1, 0.15) is 5.75 Å². The number of nitrogens with zero attached hydrogens (tertiary/aromatic N) is 2. The summed E-state index contributed by atoms with van der Waals surface area (Å²) in [6.45, 7) is 0. The molecule has 0 amide bonds. The van der Waals surface area contributed by atoms with E-state index >= 15 is 0 Å². The van der Waals surface area contributed by atoms with Gasteiger partial charge in [-0.25, -0.2) is 13.8 Å². The van der Waals surface area contributed by atoms with Crippen molar-refractivity contribution in [1.29, 1.82) is 0 Å². The number of aliphatic imine (C=N–C) groups is 1. The molecule has 1 rings (SSSR count). The van der Waals surface area contributed by atoms with E-state index in [1.807, 2.05) is 0 Å². The van der Waals surface area contributed by atoms with E-state index < -0.39 is 17.7 Å². The Kier molecular flexibility index (Phi) is 4.06. The van der Waals surface area contributed by atoms with Crippen LogP contribution in [0.2, 0.25) is 5.02 Å². The number of halogens is 3. The summed E-state index contributed by atoms with van der Waals surface area (Å²) >= 11 is 5.75. The maximum Gasteiger partial charge on any atom is 0.267 e. The number of aromatic hydroxyl groups is 1. The first-order valence-corrected chi connectivity index (χ1v) is 4.80. The average molecular weight is 249 g/mol. The zero-order chi connectivity index (χ0) is 12.3. The predicted octanol–water partition coefficient (Wildman–Crippen LogP) is 3.20. The van der Waals surface area contributed by atoms with Crippen LogP contribution in [0.1, 0.15) is 12.0 Å².